The Morgan fingerprint density at radius 3 is 2.71 bits per heavy atom. The van der Waals surface area contributed by atoms with Gasteiger partial charge in [0.15, 0.2) is 0 Å². The maximum atomic E-state index is 12.6. The molecule has 0 saturated heterocycles. The van der Waals surface area contributed by atoms with Crippen LogP contribution < -0.4 is 5.73 Å². The number of carbonyl (C=O) groups is 1. The Labute approximate surface area is 130 Å². The van der Waals surface area contributed by atoms with Crippen LogP contribution in [0.15, 0.2) is 36.4 Å². The summed E-state index contributed by atoms with van der Waals surface area (Å²) in [5.74, 6) is -0.101. The number of amides is 1. The van der Waals surface area contributed by atoms with E-state index in [1.807, 2.05) is 44.2 Å². The van der Waals surface area contributed by atoms with Crippen LogP contribution in [0.3, 0.4) is 0 Å². The molecule has 1 aromatic heterocycles. The Morgan fingerprint density at radius 2 is 2.05 bits per heavy atom. The van der Waals surface area contributed by atoms with Gasteiger partial charge in [-0.15, -0.1) is 0 Å². The summed E-state index contributed by atoms with van der Waals surface area (Å²) in [7, 11) is 0. The molecule has 4 nitrogen and oxygen atoms in total. The smallest absolute Gasteiger partial charge is 0.272 e. The van der Waals surface area contributed by atoms with Gasteiger partial charge in [-0.1, -0.05) is 43.4 Å². The van der Waals surface area contributed by atoms with Gasteiger partial charge in [0, 0.05) is 24.4 Å². The molecule has 0 aliphatic heterocycles. The molecular weight excluding hydrogens is 282 g/mol. The van der Waals surface area contributed by atoms with Crippen LogP contribution in [0.25, 0.3) is 10.9 Å². The van der Waals surface area contributed by atoms with Crippen molar-refractivity contribution in [3.05, 3.63) is 42.1 Å². The van der Waals surface area contributed by atoms with Crippen LogP contribution in [0.5, 0.6) is 0 Å². The molecule has 2 rings (SSSR count). The van der Waals surface area contributed by atoms with Crippen LogP contribution in [-0.2, 0) is 0 Å². The van der Waals surface area contributed by atoms with E-state index in [0.29, 0.717) is 23.8 Å². The number of aromatic nitrogens is 1. The van der Waals surface area contributed by atoms with E-state index in [0.717, 1.165) is 10.9 Å². The molecule has 0 radical (unpaired) electrons. The van der Waals surface area contributed by atoms with E-state index >= 15 is 0 Å². The lowest BCUT2D eigenvalue weighted by molar-refractivity contribution is 0.0749. The monoisotopic (exact) mass is 301 g/mol. The molecule has 1 amide bonds. The van der Waals surface area contributed by atoms with Gasteiger partial charge in [0.05, 0.1) is 10.5 Å². The van der Waals surface area contributed by atoms with Crippen molar-refractivity contribution in [3.63, 3.8) is 0 Å². The maximum Gasteiger partial charge on any atom is 0.272 e. The van der Waals surface area contributed by atoms with E-state index in [-0.39, 0.29) is 11.8 Å². The number of nitrogens with zero attached hydrogens (tertiary/aromatic N) is 2. The van der Waals surface area contributed by atoms with Gasteiger partial charge in [0.1, 0.15) is 5.69 Å². The second-order valence-electron chi connectivity index (χ2n) is 5.04. The standard InChI is InChI=1S/C16H19N3OS/c1-3-19(10-11(2)15(17)21)16(20)14-9-8-12-6-4-5-7-13(12)18-14/h4-9,11H,3,10H2,1-2H3,(H2,17,21). The molecule has 1 atom stereocenters. The second-order valence-corrected chi connectivity index (χ2v) is 5.51. The van der Waals surface area contributed by atoms with Gasteiger partial charge in [0.2, 0.25) is 0 Å². The fraction of sp³-hybridized carbons (Fsp3) is 0.312. The fourth-order valence-electron chi connectivity index (χ4n) is 2.12. The highest BCUT2D eigenvalue weighted by molar-refractivity contribution is 7.80. The van der Waals surface area contributed by atoms with Gasteiger partial charge in [0.25, 0.3) is 5.91 Å². The van der Waals surface area contributed by atoms with Crippen molar-refractivity contribution in [2.24, 2.45) is 11.7 Å². The summed E-state index contributed by atoms with van der Waals surface area (Å²) in [6.07, 6.45) is 0. The average molecular weight is 301 g/mol. The van der Waals surface area contributed by atoms with Gasteiger partial charge < -0.3 is 10.6 Å². The van der Waals surface area contributed by atoms with Crippen LogP contribution in [0.2, 0.25) is 0 Å². The lowest BCUT2D eigenvalue weighted by Gasteiger charge is -2.23. The van der Waals surface area contributed by atoms with E-state index in [1.165, 1.54) is 0 Å². The first-order chi connectivity index (χ1) is 10.0. The normalized spacial score (nSPS) is 12.1. The Bertz CT molecular complexity index is 671. The summed E-state index contributed by atoms with van der Waals surface area (Å²) in [6, 6.07) is 11.4. The first-order valence-corrected chi connectivity index (χ1v) is 7.38. The predicted molar refractivity (Wildman–Crippen MR) is 89.3 cm³/mol. The predicted octanol–water partition coefficient (Wildman–Crippen LogP) is 2.62. The van der Waals surface area contributed by atoms with Crippen LogP contribution in [-0.4, -0.2) is 33.9 Å². The average Bonchev–Trinajstić information content (AvgIpc) is 2.51. The van der Waals surface area contributed by atoms with Gasteiger partial charge in [-0.3, -0.25) is 4.79 Å². The maximum absolute atomic E-state index is 12.6. The SMILES string of the molecule is CCN(CC(C)C(N)=S)C(=O)c1ccc2ccccc2n1. The van der Waals surface area contributed by atoms with Gasteiger partial charge in [-0.25, -0.2) is 4.98 Å². The summed E-state index contributed by atoms with van der Waals surface area (Å²) < 4.78 is 0. The Hall–Kier alpha value is -2.01. The zero-order valence-corrected chi connectivity index (χ0v) is 13.1. The molecule has 0 aliphatic rings. The van der Waals surface area contributed by atoms with Crippen molar-refractivity contribution in [3.8, 4) is 0 Å². The van der Waals surface area contributed by atoms with Crippen molar-refractivity contribution in [1.82, 2.24) is 9.88 Å². The number of carbonyl (C=O) groups excluding carboxylic acids is 1. The summed E-state index contributed by atoms with van der Waals surface area (Å²) in [5, 5.41) is 1.02. The van der Waals surface area contributed by atoms with Crippen LogP contribution in [0, 0.1) is 5.92 Å². The third-order valence-corrected chi connectivity index (χ3v) is 3.87. The van der Waals surface area contributed by atoms with E-state index in [1.54, 1.807) is 11.0 Å². The zero-order chi connectivity index (χ0) is 15.4. The molecule has 110 valence electrons. The lowest BCUT2D eigenvalue weighted by Crippen LogP contribution is -2.38. The minimum absolute atomic E-state index is 0.00986. The number of rotatable bonds is 5. The van der Waals surface area contributed by atoms with Gasteiger partial charge in [-0.05, 0) is 19.1 Å². The van der Waals surface area contributed by atoms with Crippen molar-refractivity contribution in [1.29, 1.82) is 0 Å². The molecule has 0 aliphatic carbocycles. The third-order valence-electron chi connectivity index (χ3n) is 3.47. The fourth-order valence-corrected chi connectivity index (χ4v) is 2.20. The molecule has 5 heteroatoms. The molecule has 1 heterocycles. The molecule has 1 unspecified atom stereocenters. The van der Waals surface area contributed by atoms with Crippen molar-refractivity contribution >= 4 is 34.0 Å². The summed E-state index contributed by atoms with van der Waals surface area (Å²) in [4.78, 5) is 19.1. The first-order valence-electron chi connectivity index (χ1n) is 6.97. The van der Waals surface area contributed by atoms with Crippen molar-refractivity contribution in [2.75, 3.05) is 13.1 Å². The van der Waals surface area contributed by atoms with E-state index < -0.39 is 0 Å². The van der Waals surface area contributed by atoms with E-state index in [2.05, 4.69) is 4.98 Å². The molecule has 0 bridgehead atoms. The number of para-hydroxylation sites is 1. The molecule has 0 saturated carbocycles. The molecular formula is C16H19N3OS. The number of fused-ring (bicyclic) bond motifs is 1. The molecule has 2 N–H and O–H groups in total. The largest absolute Gasteiger partial charge is 0.393 e. The lowest BCUT2D eigenvalue weighted by atomic mass is 10.1. The quantitative estimate of drug-likeness (QED) is 0.863. The molecule has 21 heavy (non-hydrogen) atoms. The number of hydrogen-bond acceptors (Lipinski definition) is 3. The Balaban J connectivity index is 2.24. The van der Waals surface area contributed by atoms with Gasteiger partial charge in [-0.2, -0.15) is 0 Å². The highest BCUT2D eigenvalue weighted by Gasteiger charge is 2.19. The summed E-state index contributed by atoms with van der Waals surface area (Å²) >= 11 is 4.98. The number of thiocarbonyl (C=S) groups is 1. The Morgan fingerprint density at radius 1 is 1.33 bits per heavy atom. The van der Waals surface area contributed by atoms with Crippen LogP contribution in [0.4, 0.5) is 0 Å². The Kier molecular flexibility index (Phi) is 4.85. The van der Waals surface area contributed by atoms with Crippen molar-refractivity contribution in [2.45, 2.75) is 13.8 Å². The number of benzene rings is 1. The topological polar surface area (TPSA) is 59.2 Å². The first kappa shape index (κ1) is 15.4. The number of pyridine rings is 1. The second kappa shape index (κ2) is 6.63. The number of nitrogens with two attached hydrogens (primary N) is 1. The minimum Gasteiger partial charge on any atom is -0.393 e. The highest BCUT2D eigenvalue weighted by Crippen LogP contribution is 2.14. The summed E-state index contributed by atoms with van der Waals surface area (Å²) in [5.41, 5.74) is 6.90. The van der Waals surface area contributed by atoms with E-state index in [9.17, 15) is 4.79 Å². The van der Waals surface area contributed by atoms with Crippen LogP contribution >= 0.6 is 12.2 Å². The molecule has 0 spiro atoms. The van der Waals surface area contributed by atoms with Crippen molar-refractivity contribution < 1.29 is 4.79 Å². The van der Waals surface area contributed by atoms with E-state index in [4.69, 9.17) is 18.0 Å². The number of hydrogen-bond donors (Lipinski definition) is 1. The minimum atomic E-state index is -0.0913. The van der Waals surface area contributed by atoms with Gasteiger partial charge >= 0.3 is 0 Å². The zero-order valence-electron chi connectivity index (χ0n) is 12.2. The molecule has 0 fully saturated rings. The molecule has 1 aromatic carbocycles. The van der Waals surface area contributed by atoms with Crippen LogP contribution in [0.1, 0.15) is 24.3 Å². The highest BCUT2D eigenvalue weighted by atomic mass is 32.1. The third kappa shape index (κ3) is 3.55. The molecule has 2 aromatic rings. The summed E-state index contributed by atoms with van der Waals surface area (Å²) in [6.45, 7) is 4.97.